The first-order valence-electron chi connectivity index (χ1n) is 6.86. The second-order valence-corrected chi connectivity index (χ2v) is 5.24. The number of hydrogen-bond acceptors (Lipinski definition) is 4. The summed E-state index contributed by atoms with van der Waals surface area (Å²) in [4.78, 5) is 24.2. The van der Waals surface area contributed by atoms with Gasteiger partial charge in [-0.15, -0.1) is 24.8 Å². The number of carboxylic acid groups (broad SMARTS) is 1. The van der Waals surface area contributed by atoms with Crippen LogP contribution in [0.1, 0.15) is 26.7 Å². The van der Waals surface area contributed by atoms with Crippen LogP contribution < -0.4 is 10.6 Å². The summed E-state index contributed by atoms with van der Waals surface area (Å²) >= 11 is 0. The van der Waals surface area contributed by atoms with Crippen molar-refractivity contribution in [1.82, 2.24) is 15.5 Å². The van der Waals surface area contributed by atoms with Crippen LogP contribution in [0.5, 0.6) is 0 Å². The number of carbonyl (C=O) groups excluding carboxylic acids is 1. The topological polar surface area (TPSA) is 81.7 Å². The number of likely N-dealkylation sites (tertiary alicyclic amines) is 1. The molecule has 1 aliphatic heterocycles. The van der Waals surface area contributed by atoms with E-state index in [4.69, 9.17) is 0 Å². The summed E-state index contributed by atoms with van der Waals surface area (Å²) < 4.78 is 0. The average molecular weight is 344 g/mol. The van der Waals surface area contributed by atoms with Crippen LogP contribution in [0.25, 0.3) is 0 Å². The normalized spacial score (nSPS) is 22.8. The van der Waals surface area contributed by atoms with E-state index in [1.54, 1.807) is 0 Å². The van der Waals surface area contributed by atoms with Crippen LogP contribution in [-0.2, 0) is 9.59 Å². The van der Waals surface area contributed by atoms with Crippen molar-refractivity contribution < 1.29 is 14.7 Å². The van der Waals surface area contributed by atoms with Crippen molar-refractivity contribution >= 4 is 36.7 Å². The molecule has 1 heterocycles. The third-order valence-electron chi connectivity index (χ3n) is 3.81. The minimum atomic E-state index is -0.757. The van der Waals surface area contributed by atoms with Gasteiger partial charge in [-0.1, -0.05) is 13.3 Å². The number of aliphatic carboxylic acids is 1. The van der Waals surface area contributed by atoms with Gasteiger partial charge in [0.05, 0.1) is 0 Å². The summed E-state index contributed by atoms with van der Waals surface area (Å²) in [7, 11) is 1.86. The maximum atomic E-state index is 11.3. The predicted octanol–water partition coefficient (Wildman–Crippen LogP) is 0.739. The lowest BCUT2D eigenvalue weighted by molar-refractivity contribution is -0.142. The van der Waals surface area contributed by atoms with Gasteiger partial charge in [-0.25, -0.2) is 0 Å². The van der Waals surface area contributed by atoms with Gasteiger partial charge >= 0.3 is 5.97 Å². The molecular formula is C13H27Cl2N3O3. The van der Waals surface area contributed by atoms with E-state index in [0.29, 0.717) is 25.4 Å². The summed E-state index contributed by atoms with van der Waals surface area (Å²) in [6.07, 6.45) is 1.57. The van der Waals surface area contributed by atoms with E-state index >= 15 is 0 Å². The molecule has 1 amide bonds. The second-order valence-electron chi connectivity index (χ2n) is 5.24. The van der Waals surface area contributed by atoms with E-state index in [-0.39, 0.29) is 36.8 Å². The van der Waals surface area contributed by atoms with Gasteiger partial charge < -0.3 is 15.7 Å². The van der Waals surface area contributed by atoms with Gasteiger partial charge in [0.15, 0.2) is 0 Å². The molecule has 1 unspecified atom stereocenters. The fourth-order valence-corrected chi connectivity index (χ4v) is 2.53. The van der Waals surface area contributed by atoms with Crippen molar-refractivity contribution in [2.75, 3.05) is 26.7 Å². The molecule has 21 heavy (non-hydrogen) atoms. The van der Waals surface area contributed by atoms with E-state index in [9.17, 15) is 14.7 Å². The fraction of sp³-hybridized carbons (Fsp3) is 0.846. The minimum Gasteiger partial charge on any atom is -0.480 e. The Labute approximate surface area is 138 Å². The molecule has 126 valence electrons. The molecule has 0 aliphatic carbocycles. The van der Waals surface area contributed by atoms with Crippen molar-refractivity contribution in [2.45, 2.75) is 38.8 Å². The van der Waals surface area contributed by atoms with Gasteiger partial charge in [0, 0.05) is 32.6 Å². The number of likely N-dealkylation sites (N-methyl/N-ethyl adjacent to an activating group) is 1. The lowest BCUT2D eigenvalue weighted by Crippen LogP contribution is -2.42. The van der Waals surface area contributed by atoms with Gasteiger partial charge in [-0.2, -0.15) is 0 Å². The Kier molecular flexibility index (Phi) is 12.0. The summed E-state index contributed by atoms with van der Waals surface area (Å²) in [5.74, 6) is -0.503. The molecular weight excluding hydrogens is 317 g/mol. The zero-order chi connectivity index (χ0) is 14.4. The molecule has 0 spiro atoms. The second kappa shape index (κ2) is 11.1. The molecule has 3 atom stereocenters. The molecule has 0 saturated carbocycles. The van der Waals surface area contributed by atoms with Crippen LogP contribution in [0.2, 0.25) is 0 Å². The Morgan fingerprint density at radius 1 is 1.38 bits per heavy atom. The standard InChI is InChI=1S/C13H25N3O3.2ClH/c1-4-10(6-15-9(2)17)7-16-8-11(14-3)5-12(16)13(18)19;;/h10-12,14H,4-8H2,1-3H3,(H,15,17)(H,18,19);2*1H/t10?,11-,12-;;/m1../s1. The Hall–Kier alpha value is -0.560. The smallest absolute Gasteiger partial charge is 0.320 e. The van der Waals surface area contributed by atoms with Gasteiger partial charge in [-0.3, -0.25) is 14.5 Å². The van der Waals surface area contributed by atoms with Crippen molar-refractivity contribution in [3.8, 4) is 0 Å². The maximum absolute atomic E-state index is 11.3. The lowest BCUT2D eigenvalue weighted by Gasteiger charge is -2.26. The first-order chi connectivity index (χ1) is 8.97. The molecule has 0 aromatic carbocycles. The number of nitrogens with one attached hydrogen (secondary N) is 2. The van der Waals surface area contributed by atoms with Crippen molar-refractivity contribution in [1.29, 1.82) is 0 Å². The van der Waals surface area contributed by atoms with Crippen molar-refractivity contribution in [3.63, 3.8) is 0 Å². The number of hydrogen-bond donors (Lipinski definition) is 3. The zero-order valence-corrected chi connectivity index (χ0v) is 14.4. The van der Waals surface area contributed by atoms with Gasteiger partial charge in [-0.05, 0) is 19.4 Å². The van der Waals surface area contributed by atoms with E-state index < -0.39 is 12.0 Å². The van der Waals surface area contributed by atoms with Crippen LogP contribution in [0.4, 0.5) is 0 Å². The Balaban J connectivity index is 0. The molecule has 1 rings (SSSR count). The van der Waals surface area contributed by atoms with Crippen LogP contribution in [0, 0.1) is 5.92 Å². The monoisotopic (exact) mass is 343 g/mol. The van der Waals surface area contributed by atoms with E-state index in [1.165, 1.54) is 6.92 Å². The first kappa shape index (κ1) is 22.7. The maximum Gasteiger partial charge on any atom is 0.320 e. The Bertz CT molecular complexity index is 332. The molecule has 1 fully saturated rings. The first-order valence-corrected chi connectivity index (χ1v) is 6.86. The summed E-state index contributed by atoms with van der Waals surface area (Å²) in [6, 6.07) is -0.178. The molecule has 8 heteroatoms. The largest absolute Gasteiger partial charge is 0.480 e. The highest BCUT2D eigenvalue weighted by atomic mass is 35.5. The minimum absolute atomic E-state index is 0. The van der Waals surface area contributed by atoms with Crippen LogP contribution >= 0.6 is 24.8 Å². The molecule has 0 aromatic heterocycles. The average Bonchev–Trinajstić information content (AvgIpc) is 2.77. The molecule has 1 saturated heterocycles. The third-order valence-corrected chi connectivity index (χ3v) is 3.81. The third kappa shape index (κ3) is 7.31. The van der Waals surface area contributed by atoms with Crippen LogP contribution in [0.15, 0.2) is 0 Å². The fourth-order valence-electron chi connectivity index (χ4n) is 2.53. The molecule has 0 radical (unpaired) electrons. The van der Waals surface area contributed by atoms with Gasteiger partial charge in [0.2, 0.25) is 5.91 Å². The van der Waals surface area contributed by atoms with Crippen molar-refractivity contribution in [3.05, 3.63) is 0 Å². The van der Waals surface area contributed by atoms with E-state index in [1.807, 2.05) is 11.9 Å². The van der Waals surface area contributed by atoms with Crippen molar-refractivity contribution in [2.24, 2.45) is 5.92 Å². The predicted molar refractivity (Wildman–Crippen MR) is 87.4 cm³/mol. The molecule has 6 nitrogen and oxygen atoms in total. The Morgan fingerprint density at radius 3 is 2.43 bits per heavy atom. The highest BCUT2D eigenvalue weighted by molar-refractivity contribution is 5.85. The van der Waals surface area contributed by atoms with Crippen LogP contribution in [0.3, 0.4) is 0 Å². The summed E-state index contributed by atoms with van der Waals surface area (Å²) in [5.41, 5.74) is 0. The number of carbonyl (C=O) groups is 2. The number of rotatable bonds is 7. The SMILES string of the molecule is CCC(CNC(C)=O)CN1C[C@H](NC)C[C@@H]1C(=O)O.Cl.Cl. The molecule has 0 aromatic rings. The van der Waals surface area contributed by atoms with E-state index in [0.717, 1.165) is 13.0 Å². The number of halogens is 2. The highest BCUT2D eigenvalue weighted by Gasteiger charge is 2.36. The number of carboxylic acids is 1. The summed E-state index contributed by atoms with van der Waals surface area (Å²) in [6.45, 7) is 5.64. The Morgan fingerprint density at radius 2 is 2.00 bits per heavy atom. The molecule has 3 N–H and O–H groups in total. The molecule has 1 aliphatic rings. The lowest BCUT2D eigenvalue weighted by atomic mass is 10.1. The summed E-state index contributed by atoms with van der Waals surface area (Å²) in [5, 5.41) is 15.2. The highest BCUT2D eigenvalue weighted by Crippen LogP contribution is 2.20. The number of amides is 1. The quantitative estimate of drug-likeness (QED) is 0.635. The molecule has 0 bridgehead atoms. The van der Waals surface area contributed by atoms with E-state index in [2.05, 4.69) is 17.6 Å². The number of nitrogens with zero attached hydrogens (tertiary/aromatic N) is 1. The van der Waals surface area contributed by atoms with Crippen LogP contribution in [-0.4, -0.2) is 60.6 Å². The van der Waals surface area contributed by atoms with Gasteiger partial charge in [0.25, 0.3) is 0 Å². The zero-order valence-electron chi connectivity index (χ0n) is 12.8. The van der Waals surface area contributed by atoms with Gasteiger partial charge in [0.1, 0.15) is 6.04 Å².